The molecule has 0 aliphatic heterocycles. The number of hydrogen-bond donors (Lipinski definition) is 1. The van der Waals surface area contributed by atoms with Crippen molar-refractivity contribution < 1.29 is 4.79 Å². The molecule has 92 valence electrons. The van der Waals surface area contributed by atoms with E-state index in [9.17, 15) is 4.79 Å². The van der Waals surface area contributed by atoms with E-state index in [2.05, 4.69) is 42.2 Å². The fourth-order valence-corrected chi connectivity index (χ4v) is 2.02. The van der Waals surface area contributed by atoms with Crippen LogP contribution in [0.15, 0.2) is 45.6 Å². The van der Waals surface area contributed by atoms with Crippen molar-refractivity contribution >= 4 is 55.1 Å². The quantitative estimate of drug-likeness (QED) is 0.767. The van der Waals surface area contributed by atoms with E-state index in [4.69, 9.17) is 11.6 Å². The monoisotopic (exact) mass is 388 g/mol. The maximum atomic E-state index is 11.9. The second-order valence-corrected chi connectivity index (χ2v) is 5.53. The Kier molecular flexibility index (Phi) is 4.37. The summed E-state index contributed by atoms with van der Waals surface area (Å²) in [6.07, 6.45) is 1.50. The minimum atomic E-state index is -0.218. The molecule has 0 aliphatic rings. The lowest BCUT2D eigenvalue weighted by atomic mass is 10.2. The molecule has 1 N–H and O–H groups in total. The van der Waals surface area contributed by atoms with Gasteiger partial charge in [0.1, 0.15) is 4.60 Å². The molecular weight excluding hydrogens is 383 g/mol. The standard InChI is InChI=1S/C12H7Br2ClN2O/c13-9-5-8(2-3-10(9)15)17-12(18)7-1-4-11(14)16-6-7/h1-6H,(H,17,18). The number of nitrogens with zero attached hydrogens (tertiary/aromatic N) is 1. The van der Waals surface area contributed by atoms with Gasteiger partial charge in [-0.2, -0.15) is 0 Å². The Hall–Kier alpha value is -0.910. The summed E-state index contributed by atoms with van der Waals surface area (Å²) >= 11 is 12.4. The third-order valence-electron chi connectivity index (χ3n) is 2.17. The minimum absolute atomic E-state index is 0.218. The highest BCUT2D eigenvalue weighted by Crippen LogP contribution is 2.25. The Balaban J connectivity index is 2.16. The predicted molar refractivity (Wildman–Crippen MR) is 79.0 cm³/mol. The maximum absolute atomic E-state index is 11.9. The number of amides is 1. The summed E-state index contributed by atoms with van der Waals surface area (Å²) in [6, 6.07) is 8.59. The first kappa shape index (κ1) is 13.5. The number of nitrogens with one attached hydrogen (secondary N) is 1. The second kappa shape index (κ2) is 5.82. The van der Waals surface area contributed by atoms with E-state index in [0.29, 0.717) is 20.9 Å². The molecule has 1 heterocycles. The van der Waals surface area contributed by atoms with Crippen LogP contribution >= 0.6 is 43.5 Å². The van der Waals surface area contributed by atoms with Crippen molar-refractivity contribution in [3.63, 3.8) is 0 Å². The number of benzene rings is 1. The van der Waals surface area contributed by atoms with Gasteiger partial charge in [0.2, 0.25) is 0 Å². The van der Waals surface area contributed by atoms with Crippen LogP contribution in [-0.4, -0.2) is 10.9 Å². The van der Waals surface area contributed by atoms with Crippen LogP contribution < -0.4 is 5.32 Å². The van der Waals surface area contributed by atoms with Gasteiger partial charge in [-0.15, -0.1) is 0 Å². The van der Waals surface area contributed by atoms with Crippen LogP contribution in [0.2, 0.25) is 5.02 Å². The molecule has 2 rings (SSSR count). The van der Waals surface area contributed by atoms with Crippen molar-refractivity contribution in [2.75, 3.05) is 5.32 Å². The summed E-state index contributed by atoms with van der Waals surface area (Å²) in [7, 11) is 0. The Bertz CT molecular complexity index is 587. The van der Waals surface area contributed by atoms with Crippen molar-refractivity contribution in [1.82, 2.24) is 4.98 Å². The first-order valence-electron chi connectivity index (χ1n) is 4.94. The van der Waals surface area contributed by atoms with E-state index >= 15 is 0 Å². The molecule has 0 bridgehead atoms. The number of carbonyl (C=O) groups is 1. The van der Waals surface area contributed by atoms with Crippen LogP contribution in [0.4, 0.5) is 5.69 Å². The summed E-state index contributed by atoms with van der Waals surface area (Å²) < 4.78 is 1.42. The number of aromatic nitrogens is 1. The molecular formula is C12H7Br2ClN2O. The topological polar surface area (TPSA) is 42.0 Å². The summed E-state index contributed by atoms with van der Waals surface area (Å²) in [6.45, 7) is 0. The highest BCUT2D eigenvalue weighted by Gasteiger charge is 2.07. The summed E-state index contributed by atoms with van der Waals surface area (Å²) in [4.78, 5) is 15.9. The number of carbonyl (C=O) groups excluding carboxylic acids is 1. The van der Waals surface area contributed by atoms with Gasteiger partial charge in [0.25, 0.3) is 5.91 Å². The smallest absolute Gasteiger partial charge is 0.257 e. The van der Waals surface area contributed by atoms with E-state index in [1.165, 1.54) is 6.20 Å². The Morgan fingerprint density at radius 2 is 2.00 bits per heavy atom. The van der Waals surface area contributed by atoms with Crippen LogP contribution in [-0.2, 0) is 0 Å². The largest absolute Gasteiger partial charge is 0.322 e. The van der Waals surface area contributed by atoms with Gasteiger partial charge in [-0.25, -0.2) is 4.98 Å². The van der Waals surface area contributed by atoms with Gasteiger partial charge in [-0.05, 0) is 62.2 Å². The highest BCUT2D eigenvalue weighted by molar-refractivity contribution is 9.10. The molecule has 2 aromatic rings. The van der Waals surface area contributed by atoms with Crippen LogP contribution in [0.1, 0.15) is 10.4 Å². The Labute approximate surface area is 126 Å². The molecule has 1 amide bonds. The summed E-state index contributed by atoms with van der Waals surface area (Å²) in [5.74, 6) is -0.218. The molecule has 0 unspecified atom stereocenters. The summed E-state index contributed by atoms with van der Waals surface area (Å²) in [5.41, 5.74) is 1.16. The molecule has 6 heteroatoms. The third kappa shape index (κ3) is 3.31. The fraction of sp³-hybridized carbons (Fsp3) is 0. The van der Waals surface area contributed by atoms with E-state index < -0.39 is 0 Å². The van der Waals surface area contributed by atoms with Gasteiger partial charge in [0.05, 0.1) is 10.6 Å². The zero-order valence-electron chi connectivity index (χ0n) is 8.95. The number of halogens is 3. The molecule has 0 fully saturated rings. The molecule has 0 radical (unpaired) electrons. The third-order valence-corrected chi connectivity index (χ3v) is 3.85. The average Bonchev–Trinajstić information content (AvgIpc) is 2.34. The predicted octanol–water partition coefficient (Wildman–Crippen LogP) is 4.51. The number of rotatable bonds is 2. The molecule has 0 aliphatic carbocycles. The van der Waals surface area contributed by atoms with Crippen molar-refractivity contribution in [2.45, 2.75) is 0 Å². The zero-order valence-corrected chi connectivity index (χ0v) is 12.9. The van der Waals surface area contributed by atoms with Gasteiger partial charge in [0.15, 0.2) is 0 Å². The molecule has 0 saturated carbocycles. The van der Waals surface area contributed by atoms with E-state index in [1.807, 2.05) is 0 Å². The molecule has 0 saturated heterocycles. The molecule has 18 heavy (non-hydrogen) atoms. The lowest BCUT2D eigenvalue weighted by Gasteiger charge is -2.06. The average molecular weight is 390 g/mol. The molecule has 3 nitrogen and oxygen atoms in total. The second-order valence-electron chi connectivity index (χ2n) is 3.45. The van der Waals surface area contributed by atoms with Gasteiger partial charge < -0.3 is 5.32 Å². The van der Waals surface area contributed by atoms with Gasteiger partial charge in [-0.3, -0.25) is 4.79 Å². The first-order chi connectivity index (χ1) is 8.56. The normalized spacial score (nSPS) is 10.2. The zero-order chi connectivity index (χ0) is 13.1. The molecule has 1 aromatic carbocycles. The van der Waals surface area contributed by atoms with Gasteiger partial charge in [-0.1, -0.05) is 11.6 Å². The molecule has 0 spiro atoms. The number of hydrogen-bond acceptors (Lipinski definition) is 2. The first-order valence-corrected chi connectivity index (χ1v) is 6.90. The van der Waals surface area contributed by atoms with E-state index in [0.717, 1.165) is 4.47 Å². The lowest BCUT2D eigenvalue weighted by Crippen LogP contribution is -2.12. The maximum Gasteiger partial charge on any atom is 0.257 e. The van der Waals surface area contributed by atoms with Crippen LogP contribution in [0, 0.1) is 0 Å². The number of pyridine rings is 1. The molecule has 1 aromatic heterocycles. The Morgan fingerprint density at radius 1 is 1.22 bits per heavy atom. The van der Waals surface area contributed by atoms with Crippen LogP contribution in [0.3, 0.4) is 0 Å². The van der Waals surface area contributed by atoms with Crippen LogP contribution in [0.25, 0.3) is 0 Å². The van der Waals surface area contributed by atoms with Gasteiger partial charge in [0, 0.05) is 16.4 Å². The Morgan fingerprint density at radius 3 is 2.61 bits per heavy atom. The van der Waals surface area contributed by atoms with E-state index in [1.54, 1.807) is 30.3 Å². The van der Waals surface area contributed by atoms with Crippen LogP contribution in [0.5, 0.6) is 0 Å². The van der Waals surface area contributed by atoms with Crippen molar-refractivity contribution in [3.8, 4) is 0 Å². The van der Waals surface area contributed by atoms with Crippen molar-refractivity contribution in [3.05, 3.63) is 56.2 Å². The minimum Gasteiger partial charge on any atom is -0.322 e. The highest BCUT2D eigenvalue weighted by atomic mass is 79.9. The SMILES string of the molecule is O=C(Nc1ccc(Cl)c(Br)c1)c1ccc(Br)nc1. The molecule has 0 atom stereocenters. The van der Waals surface area contributed by atoms with Crippen molar-refractivity contribution in [2.24, 2.45) is 0 Å². The summed E-state index contributed by atoms with van der Waals surface area (Å²) in [5, 5.41) is 3.36. The van der Waals surface area contributed by atoms with E-state index in [-0.39, 0.29) is 5.91 Å². The lowest BCUT2D eigenvalue weighted by molar-refractivity contribution is 0.102. The fourth-order valence-electron chi connectivity index (χ4n) is 1.29. The number of anilines is 1. The van der Waals surface area contributed by atoms with Gasteiger partial charge >= 0.3 is 0 Å². The van der Waals surface area contributed by atoms with Crippen molar-refractivity contribution in [1.29, 1.82) is 0 Å².